The smallest absolute Gasteiger partial charge is 0.269 e. The minimum absolute atomic E-state index is 0.0414. The fourth-order valence-electron chi connectivity index (χ4n) is 3.06. The summed E-state index contributed by atoms with van der Waals surface area (Å²) in [5, 5.41) is 10.3. The van der Waals surface area contributed by atoms with Gasteiger partial charge >= 0.3 is 0 Å². The molecule has 1 fully saturated rings. The predicted molar refractivity (Wildman–Crippen MR) is 87.6 cm³/mol. The molecule has 4 heteroatoms. The number of carbonyl (C=O) groups is 1. The molecule has 1 aromatic carbocycles. The SMILES string of the molecule is O=C(NC1CCCCCCC1)c1cc(-c2ccccc2)n[nH]1. The van der Waals surface area contributed by atoms with E-state index in [0.29, 0.717) is 11.7 Å². The highest BCUT2D eigenvalue weighted by Gasteiger charge is 2.17. The molecule has 1 aromatic heterocycles. The molecule has 0 atom stereocenters. The molecule has 1 saturated carbocycles. The van der Waals surface area contributed by atoms with Crippen LogP contribution in [0.3, 0.4) is 0 Å². The van der Waals surface area contributed by atoms with E-state index in [2.05, 4.69) is 15.5 Å². The van der Waals surface area contributed by atoms with Crippen LogP contribution in [0.4, 0.5) is 0 Å². The highest BCUT2D eigenvalue weighted by molar-refractivity contribution is 5.93. The molecule has 0 bridgehead atoms. The van der Waals surface area contributed by atoms with Crippen molar-refractivity contribution in [1.29, 1.82) is 0 Å². The van der Waals surface area contributed by atoms with Crippen molar-refractivity contribution in [2.45, 2.75) is 51.0 Å². The summed E-state index contributed by atoms with van der Waals surface area (Å²) in [6, 6.07) is 12.0. The minimum atomic E-state index is -0.0414. The van der Waals surface area contributed by atoms with Crippen molar-refractivity contribution in [3.63, 3.8) is 0 Å². The van der Waals surface area contributed by atoms with Crippen molar-refractivity contribution in [3.05, 3.63) is 42.1 Å². The summed E-state index contributed by atoms with van der Waals surface area (Å²) in [5.74, 6) is -0.0414. The number of aromatic amines is 1. The largest absolute Gasteiger partial charge is 0.348 e. The molecule has 0 spiro atoms. The van der Waals surface area contributed by atoms with Gasteiger partial charge in [0.1, 0.15) is 5.69 Å². The van der Waals surface area contributed by atoms with Gasteiger partial charge in [0, 0.05) is 11.6 Å². The second kappa shape index (κ2) is 7.25. The lowest BCUT2D eigenvalue weighted by atomic mass is 9.96. The van der Waals surface area contributed by atoms with E-state index in [4.69, 9.17) is 0 Å². The maximum Gasteiger partial charge on any atom is 0.269 e. The number of amides is 1. The van der Waals surface area contributed by atoms with Crippen LogP contribution in [0, 0.1) is 0 Å². The van der Waals surface area contributed by atoms with Crippen LogP contribution in [-0.2, 0) is 0 Å². The van der Waals surface area contributed by atoms with Crippen molar-refractivity contribution in [3.8, 4) is 11.3 Å². The first-order valence-corrected chi connectivity index (χ1v) is 8.24. The molecular formula is C18H23N3O. The number of nitrogens with zero attached hydrogens (tertiary/aromatic N) is 1. The molecule has 1 aliphatic rings. The van der Waals surface area contributed by atoms with E-state index >= 15 is 0 Å². The Morgan fingerprint density at radius 3 is 2.45 bits per heavy atom. The lowest BCUT2D eigenvalue weighted by Crippen LogP contribution is -2.35. The highest BCUT2D eigenvalue weighted by Crippen LogP contribution is 2.19. The van der Waals surface area contributed by atoms with Crippen molar-refractivity contribution in [2.75, 3.05) is 0 Å². The Balaban J connectivity index is 1.64. The number of rotatable bonds is 3. The molecule has 116 valence electrons. The molecule has 0 saturated heterocycles. The van der Waals surface area contributed by atoms with Gasteiger partial charge in [0.15, 0.2) is 0 Å². The average Bonchev–Trinajstić information content (AvgIpc) is 3.01. The van der Waals surface area contributed by atoms with Crippen LogP contribution in [0.1, 0.15) is 55.4 Å². The summed E-state index contributed by atoms with van der Waals surface area (Å²) >= 11 is 0. The Morgan fingerprint density at radius 1 is 1.05 bits per heavy atom. The van der Waals surface area contributed by atoms with Gasteiger partial charge in [0.05, 0.1) is 5.69 Å². The Hall–Kier alpha value is -2.10. The first-order chi connectivity index (χ1) is 10.8. The van der Waals surface area contributed by atoms with Gasteiger partial charge in [0.2, 0.25) is 0 Å². The fraction of sp³-hybridized carbons (Fsp3) is 0.444. The van der Waals surface area contributed by atoms with Crippen LogP contribution >= 0.6 is 0 Å². The molecule has 1 amide bonds. The third-order valence-corrected chi connectivity index (χ3v) is 4.33. The van der Waals surface area contributed by atoms with Gasteiger partial charge in [-0.15, -0.1) is 0 Å². The molecule has 0 unspecified atom stereocenters. The molecule has 1 heterocycles. The predicted octanol–water partition coefficient (Wildman–Crippen LogP) is 3.92. The number of hydrogen-bond donors (Lipinski definition) is 2. The van der Waals surface area contributed by atoms with Crippen molar-refractivity contribution in [2.24, 2.45) is 0 Å². The molecule has 0 aliphatic heterocycles. The van der Waals surface area contributed by atoms with Gasteiger partial charge < -0.3 is 5.32 Å². The maximum absolute atomic E-state index is 12.4. The second-order valence-electron chi connectivity index (χ2n) is 6.05. The Bertz CT molecular complexity index is 598. The van der Waals surface area contributed by atoms with E-state index in [1.807, 2.05) is 36.4 Å². The first kappa shape index (κ1) is 14.8. The zero-order valence-electron chi connectivity index (χ0n) is 12.8. The van der Waals surface area contributed by atoms with E-state index in [-0.39, 0.29) is 5.91 Å². The van der Waals surface area contributed by atoms with Crippen LogP contribution in [0.15, 0.2) is 36.4 Å². The summed E-state index contributed by atoms with van der Waals surface area (Å²) in [4.78, 5) is 12.4. The van der Waals surface area contributed by atoms with Gasteiger partial charge in [-0.1, -0.05) is 62.4 Å². The lowest BCUT2D eigenvalue weighted by molar-refractivity contribution is 0.0925. The number of aromatic nitrogens is 2. The van der Waals surface area contributed by atoms with E-state index in [1.165, 1.54) is 32.1 Å². The minimum Gasteiger partial charge on any atom is -0.348 e. The molecule has 22 heavy (non-hydrogen) atoms. The average molecular weight is 297 g/mol. The van der Waals surface area contributed by atoms with E-state index in [9.17, 15) is 4.79 Å². The Kier molecular flexibility index (Phi) is 4.88. The lowest BCUT2D eigenvalue weighted by Gasteiger charge is -2.20. The van der Waals surface area contributed by atoms with E-state index < -0.39 is 0 Å². The summed E-state index contributed by atoms with van der Waals surface area (Å²) in [5.41, 5.74) is 2.37. The molecule has 1 aliphatic carbocycles. The monoisotopic (exact) mass is 297 g/mol. The zero-order valence-corrected chi connectivity index (χ0v) is 12.8. The number of H-pyrrole nitrogens is 1. The summed E-state index contributed by atoms with van der Waals surface area (Å²) < 4.78 is 0. The van der Waals surface area contributed by atoms with Gasteiger partial charge in [-0.05, 0) is 18.9 Å². The second-order valence-corrected chi connectivity index (χ2v) is 6.05. The summed E-state index contributed by atoms with van der Waals surface area (Å²) in [7, 11) is 0. The number of hydrogen-bond acceptors (Lipinski definition) is 2. The van der Waals surface area contributed by atoms with Crippen molar-refractivity contribution >= 4 is 5.91 Å². The number of nitrogens with one attached hydrogen (secondary N) is 2. The van der Waals surface area contributed by atoms with E-state index in [0.717, 1.165) is 24.1 Å². The van der Waals surface area contributed by atoms with Gasteiger partial charge in [-0.25, -0.2) is 0 Å². The Morgan fingerprint density at radius 2 is 1.73 bits per heavy atom. The quantitative estimate of drug-likeness (QED) is 0.902. The fourth-order valence-corrected chi connectivity index (χ4v) is 3.06. The van der Waals surface area contributed by atoms with Crippen LogP contribution in [0.2, 0.25) is 0 Å². The van der Waals surface area contributed by atoms with Crippen LogP contribution in [0.25, 0.3) is 11.3 Å². The molecule has 4 nitrogen and oxygen atoms in total. The zero-order chi connectivity index (χ0) is 15.2. The molecular weight excluding hydrogens is 274 g/mol. The highest BCUT2D eigenvalue weighted by atomic mass is 16.2. The van der Waals surface area contributed by atoms with Gasteiger partial charge in [-0.3, -0.25) is 9.89 Å². The van der Waals surface area contributed by atoms with Gasteiger partial charge in [-0.2, -0.15) is 5.10 Å². The van der Waals surface area contributed by atoms with E-state index in [1.54, 1.807) is 0 Å². The third kappa shape index (κ3) is 3.75. The summed E-state index contributed by atoms with van der Waals surface area (Å²) in [6.45, 7) is 0. The molecule has 2 N–H and O–H groups in total. The molecule has 3 rings (SSSR count). The third-order valence-electron chi connectivity index (χ3n) is 4.33. The van der Waals surface area contributed by atoms with Crippen LogP contribution in [0.5, 0.6) is 0 Å². The maximum atomic E-state index is 12.4. The first-order valence-electron chi connectivity index (χ1n) is 8.24. The number of benzene rings is 1. The Labute approximate surface area is 131 Å². The normalized spacial score (nSPS) is 16.7. The van der Waals surface area contributed by atoms with Gasteiger partial charge in [0.25, 0.3) is 5.91 Å². The summed E-state index contributed by atoms with van der Waals surface area (Å²) in [6.07, 6.45) is 8.51. The van der Waals surface area contributed by atoms with Crippen molar-refractivity contribution in [1.82, 2.24) is 15.5 Å². The topological polar surface area (TPSA) is 57.8 Å². The van der Waals surface area contributed by atoms with Crippen molar-refractivity contribution < 1.29 is 4.79 Å². The van der Waals surface area contributed by atoms with Crippen LogP contribution < -0.4 is 5.32 Å². The standard InChI is InChI=1S/C18H23N3O/c22-18(19-15-11-7-2-1-3-8-12-15)17-13-16(20-21-17)14-9-5-4-6-10-14/h4-6,9-10,13,15H,1-3,7-8,11-12H2,(H,19,22)(H,20,21). The van der Waals surface area contributed by atoms with Crippen LogP contribution in [-0.4, -0.2) is 22.1 Å². The molecule has 2 aromatic rings. The number of carbonyl (C=O) groups excluding carboxylic acids is 1. The molecule has 0 radical (unpaired) electrons.